The van der Waals surface area contributed by atoms with Crippen molar-refractivity contribution in [3.63, 3.8) is 0 Å². The summed E-state index contributed by atoms with van der Waals surface area (Å²) in [7, 11) is 1.58. The number of halogens is 1. The fourth-order valence-electron chi connectivity index (χ4n) is 1.32. The number of phenolic OH excluding ortho intramolecular Hbond substituents is 1. The summed E-state index contributed by atoms with van der Waals surface area (Å²) in [4.78, 5) is 20.4. The number of hydrogen-bond acceptors (Lipinski definition) is 4. The fourth-order valence-corrected chi connectivity index (χ4v) is 1.99. The summed E-state index contributed by atoms with van der Waals surface area (Å²) in [6.45, 7) is 0. The Kier molecular flexibility index (Phi) is 6.72. The van der Waals surface area contributed by atoms with Crippen LogP contribution in [-0.2, 0) is 0 Å². The van der Waals surface area contributed by atoms with Crippen LogP contribution in [0.1, 0.15) is 20.7 Å². The molecule has 0 saturated carbocycles. The predicted molar refractivity (Wildman–Crippen MR) is 84.6 cm³/mol. The van der Waals surface area contributed by atoms with Crippen molar-refractivity contribution in [1.29, 1.82) is 0 Å². The molecule has 5 heteroatoms. The van der Waals surface area contributed by atoms with Gasteiger partial charge in [-0.05, 0) is 65.1 Å². The third-order valence-corrected chi connectivity index (χ3v) is 2.92. The molecule has 0 bridgehead atoms. The Morgan fingerprint density at radius 2 is 1.60 bits per heavy atom. The first kappa shape index (κ1) is 16.2. The van der Waals surface area contributed by atoms with Gasteiger partial charge in [-0.1, -0.05) is 0 Å². The average molecular weight is 384 g/mol. The molecule has 0 atom stereocenters. The van der Waals surface area contributed by atoms with Gasteiger partial charge in [0.05, 0.1) is 7.11 Å². The molecular weight excluding hydrogens is 371 g/mol. The van der Waals surface area contributed by atoms with Crippen molar-refractivity contribution < 1.29 is 19.4 Å². The molecule has 104 valence electrons. The van der Waals surface area contributed by atoms with E-state index in [-0.39, 0.29) is 5.75 Å². The van der Waals surface area contributed by atoms with Gasteiger partial charge in [-0.25, -0.2) is 0 Å². The minimum absolute atomic E-state index is 0.181. The SMILES string of the molecule is COc1cc(I)cc(C=O)c1.O=Cc1ccc(O)cc1. The van der Waals surface area contributed by atoms with Crippen LogP contribution in [0.15, 0.2) is 42.5 Å². The van der Waals surface area contributed by atoms with Crippen molar-refractivity contribution in [3.05, 3.63) is 57.2 Å². The van der Waals surface area contributed by atoms with Crippen molar-refractivity contribution >= 4 is 35.2 Å². The first-order valence-electron chi connectivity index (χ1n) is 5.63. The van der Waals surface area contributed by atoms with E-state index in [0.717, 1.165) is 21.9 Å². The Morgan fingerprint density at radius 1 is 1.00 bits per heavy atom. The summed E-state index contributed by atoms with van der Waals surface area (Å²) < 4.78 is 5.98. The van der Waals surface area contributed by atoms with Gasteiger partial charge in [0.2, 0.25) is 0 Å². The average Bonchev–Trinajstić information content (AvgIpc) is 2.48. The molecule has 0 radical (unpaired) electrons. The maximum absolute atomic E-state index is 10.4. The number of carbonyl (C=O) groups is 2. The molecule has 0 amide bonds. The van der Waals surface area contributed by atoms with E-state index in [0.29, 0.717) is 11.1 Å². The molecule has 0 spiro atoms. The number of aromatic hydroxyl groups is 1. The highest BCUT2D eigenvalue weighted by Crippen LogP contribution is 2.16. The predicted octanol–water partition coefficient (Wildman–Crippen LogP) is 3.32. The quantitative estimate of drug-likeness (QED) is 0.652. The normalized spacial score (nSPS) is 9.10. The van der Waals surface area contributed by atoms with Crippen LogP contribution in [0.4, 0.5) is 0 Å². The van der Waals surface area contributed by atoms with Crippen LogP contribution in [-0.4, -0.2) is 24.8 Å². The number of rotatable bonds is 3. The molecular formula is C15H13IO4. The van der Waals surface area contributed by atoms with Gasteiger partial charge in [0.25, 0.3) is 0 Å². The summed E-state index contributed by atoms with van der Waals surface area (Å²) in [6.07, 6.45) is 1.55. The molecule has 0 unspecified atom stereocenters. The van der Waals surface area contributed by atoms with E-state index in [9.17, 15) is 9.59 Å². The first-order valence-corrected chi connectivity index (χ1v) is 6.71. The number of phenols is 1. The summed E-state index contributed by atoms with van der Waals surface area (Å²) in [5.74, 6) is 0.902. The minimum Gasteiger partial charge on any atom is -0.508 e. The van der Waals surface area contributed by atoms with Crippen LogP contribution in [0.25, 0.3) is 0 Å². The molecule has 1 N–H and O–H groups in total. The van der Waals surface area contributed by atoms with Crippen molar-refractivity contribution in [2.24, 2.45) is 0 Å². The molecule has 2 aromatic carbocycles. The number of benzene rings is 2. The van der Waals surface area contributed by atoms with E-state index >= 15 is 0 Å². The summed E-state index contributed by atoms with van der Waals surface area (Å²) in [5, 5.41) is 8.74. The highest BCUT2D eigenvalue weighted by atomic mass is 127. The van der Waals surface area contributed by atoms with E-state index in [1.54, 1.807) is 31.4 Å². The highest BCUT2D eigenvalue weighted by molar-refractivity contribution is 14.1. The van der Waals surface area contributed by atoms with Crippen LogP contribution in [0.5, 0.6) is 11.5 Å². The van der Waals surface area contributed by atoms with E-state index in [1.165, 1.54) is 12.1 Å². The molecule has 0 saturated heterocycles. The number of methoxy groups -OCH3 is 1. The molecule has 20 heavy (non-hydrogen) atoms. The van der Waals surface area contributed by atoms with Gasteiger partial charge in [0.1, 0.15) is 24.1 Å². The largest absolute Gasteiger partial charge is 0.508 e. The van der Waals surface area contributed by atoms with Gasteiger partial charge in [0.15, 0.2) is 0 Å². The number of hydrogen-bond donors (Lipinski definition) is 1. The molecule has 2 aromatic rings. The lowest BCUT2D eigenvalue weighted by molar-refractivity contribution is 0.111. The number of carbonyl (C=O) groups excluding carboxylic acids is 2. The Morgan fingerprint density at radius 3 is 2.10 bits per heavy atom. The van der Waals surface area contributed by atoms with E-state index in [1.807, 2.05) is 6.07 Å². The molecule has 0 aliphatic heterocycles. The second-order valence-electron chi connectivity index (χ2n) is 3.75. The van der Waals surface area contributed by atoms with Crippen LogP contribution in [0.2, 0.25) is 0 Å². The number of aldehydes is 2. The lowest BCUT2D eigenvalue weighted by Gasteiger charge is -2.00. The Labute approximate surface area is 130 Å². The van der Waals surface area contributed by atoms with Gasteiger partial charge >= 0.3 is 0 Å². The second kappa shape index (κ2) is 8.31. The Bertz CT molecular complexity index is 579. The van der Waals surface area contributed by atoms with Crippen molar-refractivity contribution in [2.45, 2.75) is 0 Å². The molecule has 0 aliphatic rings. The first-order chi connectivity index (χ1) is 9.58. The van der Waals surface area contributed by atoms with E-state index < -0.39 is 0 Å². The van der Waals surface area contributed by atoms with Crippen LogP contribution in [0, 0.1) is 3.57 Å². The van der Waals surface area contributed by atoms with Crippen LogP contribution < -0.4 is 4.74 Å². The molecule has 2 rings (SSSR count). The molecule has 4 nitrogen and oxygen atoms in total. The lowest BCUT2D eigenvalue weighted by Crippen LogP contribution is -1.87. The molecule has 0 fully saturated rings. The highest BCUT2D eigenvalue weighted by Gasteiger charge is 1.96. The van der Waals surface area contributed by atoms with Gasteiger partial charge in [-0.2, -0.15) is 0 Å². The third-order valence-electron chi connectivity index (χ3n) is 2.29. The molecule has 0 aromatic heterocycles. The summed E-state index contributed by atoms with van der Waals surface area (Å²) >= 11 is 2.14. The van der Waals surface area contributed by atoms with Gasteiger partial charge < -0.3 is 9.84 Å². The Hall–Kier alpha value is -1.89. The smallest absolute Gasteiger partial charge is 0.150 e. The monoisotopic (exact) mass is 384 g/mol. The van der Waals surface area contributed by atoms with Gasteiger partial charge in [-0.15, -0.1) is 0 Å². The second-order valence-corrected chi connectivity index (χ2v) is 5.00. The van der Waals surface area contributed by atoms with Gasteiger partial charge in [-0.3, -0.25) is 9.59 Å². The van der Waals surface area contributed by atoms with Crippen LogP contribution >= 0.6 is 22.6 Å². The minimum atomic E-state index is 0.181. The summed E-state index contributed by atoms with van der Waals surface area (Å²) in [5.41, 5.74) is 1.22. The van der Waals surface area contributed by atoms with Crippen molar-refractivity contribution in [3.8, 4) is 11.5 Å². The zero-order chi connectivity index (χ0) is 15.0. The molecule has 0 aliphatic carbocycles. The fraction of sp³-hybridized carbons (Fsp3) is 0.0667. The maximum Gasteiger partial charge on any atom is 0.150 e. The van der Waals surface area contributed by atoms with Crippen molar-refractivity contribution in [2.75, 3.05) is 7.11 Å². The Balaban J connectivity index is 0.000000204. The lowest BCUT2D eigenvalue weighted by atomic mass is 10.2. The zero-order valence-electron chi connectivity index (χ0n) is 10.7. The van der Waals surface area contributed by atoms with Gasteiger partial charge in [0, 0.05) is 14.7 Å². The molecule has 0 heterocycles. The summed E-state index contributed by atoms with van der Waals surface area (Å²) in [6, 6.07) is 11.4. The maximum atomic E-state index is 10.4. The topological polar surface area (TPSA) is 63.6 Å². The van der Waals surface area contributed by atoms with E-state index in [4.69, 9.17) is 9.84 Å². The third kappa shape index (κ3) is 5.40. The van der Waals surface area contributed by atoms with Crippen LogP contribution in [0.3, 0.4) is 0 Å². The van der Waals surface area contributed by atoms with E-state index in [2.05, 4.69) is 22.6 Å². The standard InChI is InChI=1S/C8H7IO2.C7H6O2/c1-11-8-3-6(5-10)2-7(9)4-8;8-5-6-1-3-7(9)4-2-6/h2-5H,1H3;1-5,9H. The zero-order valence-corrected chi connectivity index (χ0v) is 12.9. The number of ether oxygens (including phenoxy) is 1. The van der Waals surface area contributed by atoms with Crippen molar-refractivity contribution in [1.82, 2.24) is 0 Å².